The second-order valence-electron chi connectivity index (χ2n) is 3.00. The van der Waals surface area contributed by atoms with Gasteiger partial charge < -0.3 is 0 Å². The first kappa shape index (κ1) is 11.9. The number of aromatic nitrogens is 1. The van der Waals surface area contributed by atoms with Crippen molar-refractivity contribution in [2.45, 2.75) is 26.7 Å². The molecule has 0 spiro atoms. The molecular formula is C9H9F2NO2S. The molecule has 1 aromatic heterocycles. The van der Waals surface area contributed by atoms with Crippen molar-refractivity contribution < 1.29 is 18.4 Å². The zero-order valence-corrected chi connectivity index (χ0v) is 9.03. The number of halogens is 2. The first-order valence-corrected chi connectivity index (χ1v) is 5.01. The van der Waals surface area contributed by atoms with E-state index in [1.54, 1.807) is 13.8 Å². The zero-order chi connectivity index (χ0) is 11.6. The minimum Gasteiger partial charge on any atom is -0.293 e. The van der Waals surface area contributed by atoms with Gasteiger partial charge in [-0.2, -0.15) is 0 Å². The summed E-state index contributed by atoms with van der Waals surface area (Å²) in [6, 6.07) is 0. The molecule has 0 aromatic carbocycles. The molecule has 0 bridgehead atoms. The second kappa shape index (κ2) is 4.57. The molecule has 0 aliphatic carbocycles. The van der Waals surface area contributed by atoms with Gasteiger partial charge in [0.05, 0.1) is 11.4 Å². The number of aryl methyl sites for hydroxylation is 2. The van der Waals surface area contributed by atoms with Gasteiger partial charge in [-0.15, -0.1) is 11.3 Å². The summed E-state index contributed by atoms with van der Waals surface area (Å²) in [6.07, 6.45) is -3.87. The molecule has 0 saturated carbocycles. The van der Waals surface area contributed by atoms with Crippen molar-refractivity contribution in [3.05, 3.63) is 15.6 Å². The largest absolute Gasteiger partial charge is 0.296 e. The molecule has 0 aliphatic rings. The van der Waals surface area contributed by atoms with E-state index in [-0.39, 0.29) is 5.69 Å². The van der Waals surface area contributed by atoms with Gasteiger partial charge >= 0.3 is 0 Å². The predicted molar refractivity (Wildman–Crippen MR) is 51.5 cm³/mol. The Balaban J connectivity index is 2.78. The molecular weight excluding hydrogens is 224 g/mol. The van der Waals surface area contributed by atoms with Crippen molar-refractivity contribution >= 4 is 22.9 Å². The number of alkyl halides is 2. The van der Waals surface area contributed by atoms with Crippen molar-refractivity contribution in [1.82, 2.24) is 4.98 Å². The van der Waals surface area contributed by atoms with E-state index in [0.29, 0.717) is 9.88 Å². The van der Waals surface area contributed by atoms with Crippen molar-refractivity contribution in [1.29, 1.82) is 0 Å². The Morgan fingerprint density at radius 3 is 2.40 bits per heavy atom. The summed E-state index contributed by atoms with van der Waals surface area (Å²) in [6.45, 7) is 3.38. The Hall–Kier alpha value is -1.17. The smallest absolute Gasteiger partial charge is 0.293 e. The molecule has 0 atom stereocenters. The molecule has 15 heavy (non-hydrogen) atoms. The molecule has 1 rings (SSSR count). The predicted octanol–water partition coefficient (Wildman–Crippen LogP) is 2.17. The molecule has 0 radical (unpaired) electrons. The Morgan fingerprint density at radius 1 is 1.40 bits per heavy atom. The van der Waals surface area contributed by atoms with Gasteiger partial charge in [-0.1, -0.05) is 0 Å². The number of thiazole rings is 1. The minimum absolute atomic E-state index is 0.131. The average Bonchev–Trinajstić information content (AvgIpc) is 2.44. The van der Waals surface area contributed by atoms with Gasteiger partial charge in [-0.05, 0) is 13.8 Å². The van der Waals surface area contributed by atoms with E-state index in [2.05, 4.69) is 4.98 Å². The molecule has 0 amide bonds. The maximum atomic E-state index is 11.9. The highest BCUT2D eigenvalue weighted by molar-refractivity contribution is 7.11. The zero-order valence-electron chi connectivity index (χ0n) is 8.21. The van der Waals surface area contributed by atoms with Gasteiger partial charge in [0.2, 0.25) is 5.78 Å². The van der Waals surface area contributed by atoms with Crippen LogP contribution in [0.1, 0.15) is 26.8 Å². The Kier molecular flexibility index (Phi) is 3.62. The van der Waals surface area contributed by atoms with E-state index in [1.807, 2.05) is 0 Å². The average molecular weight is 233 g/mol. The maximum absolute atomic E-state index is 11.9. The summed E-state index contributed by atoms with van der Waals surface area (Å²) >= 11 is 1.30. The van der Waals surface area contributed by atoms with Gasteiger partial charge in [-0.25, -0.2) is 13.8 Å². The normalized spacial score (nSPS) is 10.7. The number of hydrogen-bond donors (Lipinski definition) is 0. The molecule has 0 unspecified atom stereocenters. The Bertz CT molecular complexity index is 401. The van der Waals surface area contributed by atoms with E-state index in [0.717, 1.165) is 0 Å². The Labute approximate surface area is 89.1 Å². The summed E-state index contributed by atoms with van der Waals surface area (Å²) in [5, 5.41) is 0.681. The summed E-state index contributed by atoms with van der Waals surface area (Å²) in [5.41, 5.74) is 0.131. The van der Waals surface area contributed by atoms with Crippen molar-refractivity contribution in [2.75, 3.05) is 0 Å². The minimum atomic E-state index is -3.09. The number of nitrogens with zero attached hydrogens (tertiary/aromatic N) is 1. The van der Waals surface area contributed by atoms with E-state index in [9.17, 15) is 18.4 Å². The molecule has 82 valence electrons. The van der Waals surface area contributed by atoms with E-state index in [4.69, 9.17) is 0 Å². The molecule has 0 N–H and O–H groups in total. The fraction of sp³-hybridized carbons (Fsp3) is 0.444. The SMILES string of the molecule is Cc1nc(C(=O)CC(=O)C(F)F)c(C)s1. The van der Waals surface area contributed by atoms with Crippen LogP contribution in [0.3, 0.4) is 0 Å². The van der Waals surface area contributed by atoms with Gasteiger partial charge in [0.1, 0.15) is 5.69 Å². The summed E-state index contributed by atoms with van der Waals surface area (Å²) in [4.78, 5) is 26.6. The number of carbonyl (C=O) groups is 2. The topological polar surface area (TPSA) is 47.0 Å². The third kappa shape index (κ3) is 2.89. The fourth-order valence-corrected chi connectivity index (χ4v) is 1.94. The lowest BCUT2D eigenvalue weighted by molar-refractivity contribution is -0.128. The monoisotopic (exact) mass is 233 g/mol. The van der Waals surface area contributed by atoms with Crippen LogP contribution in [-0.4, -0.2) is 23.0 Å². The molecule has 3 nitrogen and oxygen atoms in total. The van der Waals surface area contributed by atoms with E-state index < -0.39 is 24.4 Å². The van der Waals surface area contributed by atoms with Crippen LogP contribution in [0.4, 0.5) is 8.78 Å². The summed E-state index contributed by atoms with van der Waals surface area (Å²) in [7, 11) is 0. The molecule has 1 aromatic rings. The van der Waals surface area contributed by atoms with Crippen LogP contribution in [0, 0.1) is 13.8 Å². The van der Waals surface area contributed by atoms with Crippen LogP contribution in [-0.2, 0) is 4.79 Å². The lowest BCUT2D eigenvalue weighted by atomic mass is 10.1. The lowest BCUT2D eigenvalue weighted by Crippen LogP contribution is -2.16. The number of rotatable bonds is 4. The van der Waals surface area contributed by atoms with Crippen LogP contribution >= 0.6 is 11.3 Å². The first-order valence-electron chi connectivity index (χ1n) is 4.20. The second-order valence-corrected chi connectivity index (χ2v) is 4.41. The molecule has 0 saturated heterocycles. The van der Waals surface area contributed by atoms with Crippen LogP contribution in [0.15, 0.2) is 0 Å². The third-order valence-corrected chi connectivity index (χ3v) is 2.63. The highest BCUT2D eigenvalue weighted by Gasteiger charge is 2.22. The highest BCUT2D eigenvalue weighted by Crippen LogP contribution is 2.18. The molecule has 1 heterocycles. The Morgan fingerprint density at radius 2 is 2.00 bits per heavy atom. The molecule has 0 aliphatic heterocycles. The van der Waals surface area contributed by atoms with Gasteiger partial charge in [0.25, 0.3) is 6.43 Å². The van der Waals surface area contributed by atoms with Gasteiger partial charge in [0, 0.05) is 4.88 Å². The first-order chi connectivity index (χ1) is 6.91. The summed E-state index contributed by atoms with van der Waals surface area (Å²) < 4.78 is 23.8. The molecule has 6 heteroatoms. The van der Waals surface area contributed by atoms with Gasteiger partial charge in [0.15, 0.2) is 5.78 Å². The number of ketones is 2. The van der Waals surface area contributed by atoms with Crippen LogP contribution in [0.5, 0.6) is 0 Å². The number of carbonyl (C=O) groups excluding carboxylic acids is 2. The van der Waals surface area contributed by atoms with E-state index in [1.165, 1.54) is 11.3 Å². The number of Topliss-reactive ketones (excluding diaryl/α,β-unsaturated/α-hetero) is 2. The summed E-state index contributed by atoms with van der Waals surface area (Å²) in [5.74, 6) is -1.99. The third-order valence-electron chi connectivity index (χ3n) is 1.75. The fourth-order valence-electron chi connectivity index (χ4n) is 1.11. The van der Waals surface area contributed by atoms with Gasteiger partial charge in [-0.3, -0.25) is 9.59 Å². The maximum Gasteiger partial charge on any atom is 0.296 e. The standard InChI is InChI=1S/C9H9F2NO2S/c1-4-8(12-5(2)15-4)6(13)3-7(14)9(10)11/h9H,3H2,1-2H3. The number of hydrogen-bond acceptors (Lipinski definition) is 4. The molecule has 0 fully saturated rings. The van der Waals surface area contributed by atoms with E-state index >= 15 is 0 Å². The van der Waals surface area contributed by atoms with Crippen molar-refractivity contribution in [2.24, 2.45) is 0 Å². The highest BCUT2D eigenvalue weighted by atomic mass is 32.1. The van der Waals surface area contributed by atoms with Crippen molar-refractivity contribution in [3.8, 4) is 0 Å². The van der Waals surface area contributed by atoms with Crippen molar-refractivity contribution in [3.63, 3.8) is 0 Å². The van der Waals surface area contributed by atoms with Crippen LogP contribution in [0.2, 0.25) is 0 Å². The van der Waals surface area contributed by atoms with Crippen LogP contribution in [0.25, 0.3) is 0 Å². The van der Waals surface area contributed by atoms with Crippen LogP contribution < -0.4 is 0 Å². The lowest BCUT2D eigenvalue weighted by Gasteiger charge is -1.97. The quantitative estimate of drug-likeness (QED) is 0.591.